The average molecular weight is 309 g/mol. The zero-order valence-corrected chi connectivity index (χ0v) is 13.3. The summed E-state index contributed by atoms with van der Waals surface area (Å²) in [5.74, 6) is -0.768. The third-order valence-electron chi connectivity index (χ3n) is 4.18. The summed E-state index contributed by atoms with van der Waals surface area (Å²) < 4.78 is 5.43. The lowest BCUT2D eigenvalue weighted by atomic mass is 9.89. The molecular formula is C19H19NO3. The third kappa shape index (κ3) is 2.97. The molecular weight excluding hydrogens is 290 g/mol. The number of nitrogens with one attached hydrogen (secondary N) is 1. The Morgan fingerprint density at radius 1 is 1.17 bits per heavy atom. The number of hydrogen-bond acceptors (Lipinski definition) is 3. The van der Waals surface area contributed by atoms with E-state index in [4.69, 9.17) is 4.74 Å². The molecule has 2 aromatic rings. The summed E-state index contributed by atoms with van der Waals surface area (Å²) >= 11 is 0. The first-order valence-electron chi connectivity index (χ1n) is 7.73. The molecule has 1 heterocycles. The van der Waals surface area contributed by atoms with E-state index in [1.165, 1.54) is 5.56 Å². The lowest BCUT2D eigenvalue weighted by Gasteiger charge is -2.33. The number of rotatable bonds is 3. The third-order valence-corrected chi connectivity index (χ3v) is 4.18. The summed E-state index contributed by atoms with van der Waals surface area (Å²) in [4.78, 5) is 24.8. The van der Waals surface area contributed by atoms with Crippen molar-refractivity contribution in [1.82, 2.24) is 0 Å². The van der Waals surface area contributed by atoms with Gasteiger partial charge in [-0.3, -0.25) is 4.79 Å². The lowest BCUT2D eigenvalue weighted by molar-refractivity contribution is -0.134. The van der Waals surface area contributed by atoms with Gasteiger partial charge in [0.15, 0.2) is 5.60 Å². The summed E-state index contributed by atoms with van der Waals surface area (Å²) in [6.45, 7) is 3.73. The SMILES string of the molecule is CCc1ccc(NC(=O)[C@]2(C)Cc3ccccc3C(=O)O2)cc1. The zero-order valence-electron chi connectivity index (χ0n) is 13.3. The van der Waals surface area contributed by atoms with Gasteiger partial charge in [0.25, 0.3) is 5.91 Å². The molecule has 2 aromatic carbocycles. The fourth-order valence-electron chi connectivity index (χ4n) is 2.75. The monoisotopic (exact) mass is 309 g/mol. The molecule has 0 bridgehead atoms. The Bertz CT molecular complexity index is 751. The van der Waals surface area contributed by atoms with Crippen molar-refractivity contribution in [2.45, 2.75) is 32.3 Å². The number of anilines is 1. The molecule has 1 amide bonds. The smallest absolute Gasteiger partial charge is 0.339 e. The minimum absolute atomic E-state index is 0.315. The van der Waals surface area contributed by atoms with Gasteiger partial charge in [-0.15, -0.1) is 0 Å². The number of benzene rings is 2. The van der Waals surface area contributed by atoms with Crippen LogP contribution >= 0.6 is 0 Å². The first-order valence-corrected chi connectivity index (χ1v) is 7.73. The minimum Gasteiger partial charge on any atom is -0.445 e. The maximum absolute atomic E-state index is 12.6. The Labute approximate surface area is 135 Å². The molecule has 1 aliphatic heterocycles. The molecule has 118 valence electrons. The van der Waals surface area contributed by atoms with Crippen LogP contribution in [-0.4, -0.2) is 17.5 Å². The summed E-state index contributed by atoms with van der Waals surface area (Å²) in [7, 11) is 0. The Kier molecular flexibility index (Phi) is 3.90. The van der Waals surface area contributed by atoms with Gasteiger partial charge < -0.3 is 10.1 Å². The van der Waals surface area contributed by atoms with Crippen molar-refractivity contribution in [2.24, 2.45) is 0 Å². The largest absolute Gasteiger partial charge is 0.445 e. The van der Waals surface area contributed by atoms with Gasteiger partial charge in [-0.25, -0.2) is 4.79 Å². The van der Waals surface area contributed by atoms with Crippen molar-refractivity contribution in [1.29, 1.82) is 0 Å². The molecule has 0 saturated carbocycles. The second-order valence-corrected chi connectivity index (χ2v) is 5.96. The van der Waals surface area contributed by atoms with E-state index in [-0.39, 0.29) is 5.91 Å². The van der Waals surface area contributed by atoms with Crippen LogP contribution in [0.2, 0.25) is 0 Å². The highest BCUT2D eigenvalue weighted by Gasteiger charge is 2.42. The molecule has 3 rings (SSSR count). The predicted molar refractivity (Wildman–Crippen MR) is 88.4 cm³/mol. The number of hydrogen-bond donors (Lipinski definition) is 1. The number of carbonyl (C=O) groups excluding carboxylic acids is 2. The van der Waals surface area contributed by atoms with Gasteiger partial charge in [-0.05, 0) is 42.7 Å². The van der Waals surface area contributed by atoms with Crippen molar-refractivity contribution < 1.29 is 14.3 Å². The molecule has 0 radical (unpaired) electrons. The van der Waals surface area contributed by atoms with Crippen LogP contribution in [0.5, 0.6) is 0 Å². The highest BCUT2D eigenvalue weighted by molar-refractivity contribution is 6.02. The van der Waals surface area contributed by atoms with E-state index in [9.17, 15) is 9.59 Å². The van der Waals surface area contributed by atoms with Crippen LogP contribution < -0.4 is 5.32 Å². The number of fused-ring (bicyclic) bond motifs is 1. The van der Waals surface area contributed by atoms with Gasteiger partial charge in [0.05, 0.1) is 5.56 Å². The van der Waals surface area contributed by atoms with Crippen LogP contribution in [-0.2, 0) is 22.4 Å². The Morgan fingerprint density at radius 3 is 2.57 bits per heavy atom. The molecule has 4 heteroatoms. The number of cyclic esters (lactones) is 1. The highest BCUT2D eigenvalue weighted by Crippen LogP contribution is 2.29. The summed E-state index contributed by atoms with van der Waals surface area (Å²) in [6.07, 6.45) is 1.31. The van der Waals surface area contributed by atoms with Gasteiger partial charge >= 0.3 is 5.97 Å². The predicted octanol–water partition coefficient (Wildman–Crippen LogP) is 3.36. The van der Waals surface area contributed by atoms with Gasteiger partial charge in [0, 0.05) is 12.1 Å². The molecule has 0 aliphatic carbocycles. The fraction of sp³-hybridized carbons (Fsp3) is 0.263. The molecule has 1 aliphatic rings. The van der Waals surface area contributed by atoms with Gasteiger partial charge in [-0.1, -0.05) is 37.3 Å². The zero-order chi connectivity index (χ0) is 16.4. The van der Waals surface area contributed by atoms with E-state index < -0.39 is 11.6 Å². The highest BCUT2D eigenvalue weighted by atomic mass is 16.6. The van der Waals surface area contributed by atoms with Crippen LogP contribution in [0.4, 0.5) is 5.69 Å². The van der Waals surface area contributed by atoms with Gasteiger partial charge in [0.1, 0.15) is 0 Å². The fourth-order valence-corrected chi connectivity index (χ4v) is 2.75. The molecule has 0 fully saturated rings. The summed E-state index contributed by atoms with van der Waals surface area (Å²) in [6, 6.07) is 14.9. The number of amides is 1. The maximum Gasteiger partial charge on any atom is 0.339 e. The molecule has 4 nitrogen and oxygen atoms in total. The van der Waals surface area contributed by atoms with E-state index >= 15 is 0 Å². The van der Waals surface area contributed by atoms with E-state index in [0.29, 0.717) is 17.7 Å². The van der Waals surface area contributed by atoms with Crippen LogP contribution in [0, 0.1) is 0 Å². The Hall–Kier alpha value is -2.62. The summed E-state index contributed by atoms with van der Waals surface area (Å²) in [5, 5.41) is 2.84. The van der Waals surface area contributed by atoms with E-state index in [0.717, 1.165) is 12.0 Å². The first kappa shape index (κ1) is 15.3. The Balaban J connectivity index is 1.80. The van der Waals surface area contributed by atoms with Crippen molar-refractivity contribution in [3.63, 3.8) is 0 Å². The standard InChI is InChI=1S/C19H19NO3/c1-3-13-8-10-15(11-9-13)20-18(22)19(2)12-14-6-4-5-7-16(14)17(21)23-19/h4-11H,3,12H2,1-2H3,(H,20,22)/t19-/m0/s1. The molecule has 1 N–H and O–H groups in total. The van der Waals surface area contributed by atoms with Crippen LogP contribution in [0.3, 0.4) is 0 Å². The van der Waals surface area contributed by atoms with Crippen molar-refractivity contribution in [2.75, 3.05) is 5.32 Å². The molecule has 0 unspecified atom stereocenters. The van der Waals surface area contributed by atoms with Crippen molar-refractivity contribution >= 4 is 17.6 Å². The topological polar surface area (TPSA) is 55.4 Å². The quantitative estimate of drug-likeness (QED) is 0.885. The minimum atomic E-state index is -1.20. The average Bonchev–Trinajstić information content (AvgIpc) is 2.55. The van der Waals surface area contributed by atoms with Gasteiger partial charge in [-0.2, -0.15) is 0 Å². The van der Waals surface area contributed by atoms with Crippen molar-refractivity contribution in [3.05, 3.63) is 65.2 Å². The lowest BCUT2D eigenvalue weighted by Crippen LogP contribution is -2.48. The maximum atomic E-state index is 12.6. The molecule has 1 atom stereocenters. The molecule has 23 heavy (non-hydrogen) atoms. The number of esters is 1. The number of carbonyl (C=O) groups is 2. The van der Waals surface area contributed by atoms with Crippen LogP contribution in [0.1, 0.15) is 35.3 Å². The first-order chi connectivity index (χ1) is 11.0. The number of ether oxygens (including phenoxy) is 1. The van der Waals surface area contributed by atoms with E-state index in [1.807, 2.05) is 36.4 Å². The van der Waals surface area contributed by atoms with Crippen molar-refractivity contribution in [3.8, 4) is 0 Å². The van der Waals surface area contributed by atoms with Gasteiger partial charge in [0.2, 0.25) is 0 Å². The normalized spacial score (nSPS) is 19.7. The molecule has 0 aromatic heterocycles. The van der Waals surface area contributed by atoms with E-state index in [1.54, 1.807) is 19.1 Å². The number of aryl methyl sites for hydroxylation is 1. The van der Waals surface area contributed by atoms with Crippen LogP contribution in [0.25, 0.3) is 0 Å². The molecule has 0 saturated heterocycles. The second-order valence-electron chi connectivity index (χ2n) is 5.96. The van der Waals surface area contributed by atoms with E-state index in [2.05, 4.69) is 12.2 Å². The van der Waals surface area contributed by atoms with Crippen LogP contribution in [0.15, 0.2) is 48.5 Å². The Morgan fingerprint density at radius 2 is 1.87 bits per heavy atom. The molecule has 0 spiro atoms. The summed E-state index contributed by atoms with van der Waals surface area (Å²) in [5.41, 5.74) is 2.07. The second kappa shape index (κ2) is 5.88.